The summed E-state index contributed by atoms with van der Waals surface area (Å²) in [5.74, 6) is 0.296. The predicted molar refractivity (Wildman–Crippen MR) is 128 cm³/mol. The molecule has 162 valence electrons. The maximum Gasteiger partial charge on any atom is 0.262 e. The zero-order chi connectivity index (χ0) is 22.9. The van der Waals surface area contributed by atoms with Crippen LogP contribution in [0.1, 0.15) is 18.1 Å². The van der Waals surface area contributed by atoms with E-state index in [1.165, 1.54) is 0 Å². The van der Waals surface area contributed by atoms with Crippen LogP contribution < -0.4 is 14.8 Å². The monoisotopic (exact) mass is 466 g/mol. The third kappa shape index (κ3) is 6.04. The van der Waals surface area contributed by atoms with Crippen molar-refractivity contribution in [2.75, 3.05) is 18.5 Å². The van der Waals surface area contributed by atoms with Crippen LogP contribution >= 0.6 is 23.2 Å². The van der Waals surface area contributed by atoms with Crippen molar-refractivity contribution in [3.8, 4) is 17.6 Å². The van der Waals surface area contributed by atoms with Crippen molar-refractivity contribution in [3.05, 3.63) is 87.9 Å². The van der Waals surface area contributed by atoms with Gasteiger partial charge < -0.3 is 14.8 Å². The molecular weight excluding hydrogens is 447 g/mol. The van der Waals surface area contributed by atoms with Gasteiger partial charge in [0.2, 0.25) is 0 Å². The molecule has 0 heterocycles. The highest BCUT2D eigenvalue weighted by Crippen LogP contribution is 2.38. The molecule has 0 aliphatic carbocycles. The van der Waals surface area contributed by atoms with Crippen molar-refractivity contribution in [1.29, 1.82) is 5.26 Å². The smallest absolute Gasteiger partial charge is 0.262 e. The van der Waals surface area contributed by atoms with Crippen LogP contribution in [0, 0.1) is 11.3 Å². The van der Waals surface area contributed by atoms with E-state index in [0.717, 1.165) is 0 Å². The van der Waals surface area contributed by atoms with Gasteiger partial charge in [-0.05, 0) is 48.9 Å². The van der Waals surface area contributed by atoms with E-state index in [0.29, 0.717) is 39.8 Å². The van der Waals surface area contributed by atoms with E-state index in [1.807, 2.05) is 31.2 Å². The number of nitrogens with one attached hydrogen (secondary N) is 1. The second-order valence-corrected chi connectivity index (χ2v) is 7.43. The van der Waals surface area contributed by atoms with Crippen LogP contribution in [0.5, 0.6) is 11.5 Å². The molecule has 0 unspecified atom stereocenters. The van der Waals surface area contributed by atoms with Crippen molar-refractivity contribution in [2.45, 2.75) is 6.92 Å². The number of halogens is 2. The number of amides is 1. The van der Waals surface area contributed by atoms with E-state index in [2.05, 4.69) is 11.4 Å². The molecule has 3 aromatic rings. The Morgan fingerprint density at radius 2 is 1.75 bits per heavy atom. The molecule has 0 fully saturated rings. The van der Waals surface area contributed by atoms with Crippen LogP contribution in [0.2, 0.25) is 10.0 Å². The van der Waals surface area contributed by atoms with Crippen molar-refractivity contribution < 1.29 is 14.3 Å². The number of carbonyl (C=O) groups is 1. The summed E-state index contributed by atoms with van der Waals surface area (Å²) in [6, 6.07) is 21.7. The molecule has 3 aromatic carbocycles. The van der Waals surface area contributed by atoms with Gasteiger partial charge in [0.15, 0.2) is 18.1 Å². The normalized spacial score (nSPS) is 10.9. The van der Waals surface area contributed by atoms with E-state index in [1.54, 1.807) is 48.5 Å². The highest BCUT2D eigenvalue weighted by atomic mass is 35.5. The summed E-state index contributed by atoms with van der Waals surface area (Å²) in [5.41, 5.74) is 2.30. The van der Waals surface area contributed by atoms with E-state index in [-0.39, 0.29) is 23.3 Å². The van der Waals surface area contributed by atoms with E-state index < -0.39 is 0 Å². The Bertz CT molecular complexity index is 1170. The number of benzene rings is 3. The Morgan fingerprint density at radius 3 is 2.44 bits per heavy atom. The lowest BCUT2D eigenvalue weighted by Gasteiger charge is -2.15. The van der Waals surface area contributed by atoms with Crippen LogP contribution in [0.15, 0.2) is 66.7 Å². The minimum Gasteiger partial charge on any atom is -0.490 e. The molecule has 0 spiro atoms. The number of hydrogen-bond donors (Lipinski definition) is 1. The van der Waals surface area contributed by atoms with Crippen LogP contribution in [0.4, 0.5) is 5.69 Å². The average Bonchev–Trinajstić information content (AvgIpc) is 2.78. The first-order valence-electron chi connectivity index (χ1n) is 9.82. The highest BCUT2D eigenvalue weighted by molar-refractivity contribution is 6.33. The molecular formula is C25H20Cl2N2O3. The molecule has 3 rings (SSSR count). The Hall–Kier alpha value is -3.46. The van der Waals surface area contributed by atoms with Gasteiger partial charge in [-0.15, -0.1) is 0 Å². The third-order valence-electron chi connectivity index (χ3n) is 4.33. The van der Waals surface area contributed by atoms with Gasteiger partial charge in [-0.25, -0.2) is 0 Å². The lowest BCUT2D eigenvalue weighted by Crippen LogP contribution is -2.20. The lowest BCUT2D eigenvalue weighted by atomic mass is 10.0. The zero-order valence-electron chi connectivity index (χ0n) is 17.3. The number of rotatable bonds is 8. The third-order valence-corrected chi connectivity index (χ3v) is 4.94. The van der Waals surface area contributed by atoms with Crippen LogP contribution in [0.3, 0.4) is 0 Å². The molecule has 1 N–H and O–H groups in total. The minimum atomic E-state index is -0.329. The fraction of sp³-hybridized carbons (Fsp3) is 0.120. The van der Waals surface area contributed by atoms with Crippen molar-refractivity contribution in [1.82, 2.24) is 0 Å². The average molecular weight is 467 g/mol. The van der Waals surface area contributed by atoms with E-state index in [9.17, 15) is 10.1 Å². The molecule has 0 aliphatic rings. The molecule has 5 nitrogen and oxygen atoms in total. The van der Waals surface area contributed by atoms with Crippen molar-refractivity contribution in [3.63, 3.8) is 0 Å². The molecule has 0 atom stereocenters. The van der Waals surface area contributed by atoms with Gasteiger partial charge in [-0.3, -0.25) is 4.79 Å². The molecule has 0 aliphatic heterocycles. The molecule has 0 radical (unpaired) electrons. The zero-order valence-corrected chi connectivity index (χ0v) is 18.8. The van der Waals surface area contributed by atoms with Gasteiger partial charge >= 0.3 is 0 Å². The highest BCUT2D eigenvalue weighted by Gasteiger charge is 2.15. The second-order valence-electron chi connectivity index (χ2n) is 6.62. The van der Waals surface area contributed by atoms with E-state index >= 15 is 0 Å². The number of nitriles is 1. The van der Waals surface area contributed by atoms with E-state index in [4.69, 9.17) is 32.7 Å². The fourth-order valence-corrected chi connectivity index (χ4v) is 3.46. The first-order valence-corrected chi connectivity index (χ1v) is 10.6. The summed E-state index contributed by atoms with van der Waals surface area (Å²) < 4.78 is 11.3. The maximum atomic E-state index is 12.2. The first-order chi connectivity index (χ1) is 15.5. The maximum absolute atomic E-state index is 12.2. The summed E-state index contributed by atoms with van der Waals surface area (Å²) in [5, 5.41) is 13.1. The van der Waals surface area contributed by atoms with Gasteiger partial charge in [-0.2, -0.15) is 5.26 Å². The summed E-state index contributed by atoms with van der Waals surface area (Å²) in [6.07, 6.45) is 1.67. The number of nitrogens with zero attached hydrogens (tertiary/aromatic N) is 1. The molecule has 7 heteroatoms. The van der Waals surface area contributed by atoms with Crippen LogP contribution in [-0.2, 0) is 4.79 Å². The summed E-state index contributed by atoms with van der Waals surface area (Å²) in [7, 11) is 0. The SMILES string of the molecule is CCOc1cc(C=C(C#N)c2ccccc2Cl)cc(Cl)c1OCC(=O)Nc1ccccc1. The van der Waals surface area contributed by atoms with Gasteiger partial charge in [0.25, 0.3) is 5.91 Å². The second kappa shape index (κ2) is 11.2. The number of hydrogen-bond acceptors (Lipinski definition) is 4. The largest absolute Gasteiger partial charge is 0.490 e. The minimum absolute atomic E-state index is 0.243. The Kier molecular flexibility index (Phi) is 8.15. The van der Waals surface area contributed by atoms with Gasteiger partial charge in [0, 0.05) is 16.3 Å². The number of allylic oxidation sites excluding steroid dienone is 1. The summed E-state index contributed by atoms with van der Waals surface area (Å²) >= 11 is 12.7. The number of carbonyl (C=O) groups excluding carboxylic acids is 1. The van der Waals surface area contributed by atoms with Gasteiger partial charge in [0.1, 0.15) is 0 Å². The standard InChI is InChI=1S/C25H20Cl2N2O3/c1-2-31-23-14-17(12-18(15-28)20-10-6-7-11-21(20)26)13-22(27)25(23)32-16-24(30)29-19-8-4-3-5-9-19/h3-14H,2,16H2,1H3,(H,29,30). The number of para-hydroxylation sites is 1. The summed E-state index contributed by atoms with van der Waals surface area (Å²) in [4.78, 5) is 12.2. The Morgan fingerprint density at radius 1 is 1.03 bits per heavy atom. The molecule has 32 heavy (non-hydrogen) atoms. The number of ether oxygens (including phenoxy) is 2. The topological polar surface area (TPSA) is 71.3 Å². The fourth-order valence-electron chi connectivity index (χ4n) is 2.95. The van der Waals surface area contributed by atoms with Gasteiger partial charge in [-0.1, -0.05) is 59.6 Å². The molecule has 0 bridgehead atoms. The Balaban J connectivity index is 1.84. The Labute approximate surface area is 196 Å². The van der Waals surface area contributed by atoms with Crippen LogP contribution in [0.25, 0.3) is 11.6 Å². The lowest BCUT2D eigenvalue weighted by molar-refractivity contribution is -0.118. The molecule has 0 aromatic heterocycles. The molecule has 0 saturated carbocycles. The van der Waals surface area contributed by atoms with Crippen molar-refractivity contribution >= 4 is 46.4 Å². The quantitative estimate of drug-likeness (QED) is 0.304. The summed E-state index contributed by atoms with van der Waals surface area (Å²) in [6.45, 7) is 1.95. The first kappa shape index (κ1) is 23.2. The molecule has 0 saturated heterocycles. The van der Waals surface area contributed by atoms with Crippen molar-refractivity contribution in [2.24, 2.45) is 0 Å². The van der Waals surface area contributed by atoms with Gasteiger partial charge in [0.05, 0.1) is 23.3 Å². The number of anilines is 1. The predicted octanol–water partition coefficient (Wildman–Crippen LogP) is 6.47. The molecule has 1 amide bonds. The van der Waals surface area contributed by atoms with Crippen LogP contribution in [-0.4, -0.2) is 19.1 Å².